The van der Waals surface area contributed by atoms with Crippen molar-refractivity contribution in [1.82, 2.24) is 25.1 Å². The summed E-state index contributed by atoms with van der Waals surface area (Å²) in [6, 6.07) is 0. The molecule has 2 aliphatic rings. The van der Waals surface area contributed by atoms with E-state index >= 15 is 0 Å². The molecule has 1 N–H and O–H groups in total. The molecular weight excluding hydrogens is 364 g/mol. The molecule has 146 valence electrons. The van der Waals surface area contributed by atoms with Crippen LogP contribution < -0.4 is 10.2 Å². The number of ether oxygens (including phenoxy) is 1. The van der Waals surface area contributed by atoms with Crippen molar-refractivity contribution < 1.29 is 9.53 Å². The first-order chi connectivity index (χ1) is 13.3. The normalized spacial score (nSPS) is 17.9. The van der Waals surface area contributed by atoms with Crippen LogP contribution in [0.3, 0.4) is 0 Å². The van der Waals surface area contributed by atoms with Gasteiger partial charge in [0.15, 0.2) is 10.8 Å². The zero-order valence-electron chi connectivity index (χ0n) is 15.7. The molecule has 0 unspecified atom stereocenters. The van der Waals surface area contributed by atoms with Gasteiger partial charge < -0.3 is 15.0 Å². The Morgan fingerprint density at radius 2 is 2.15 bits per heavy atom. The van der Waals surface area contributed by atoms with Crippen LogP contribution in [0.15, 0.2) is 11.4 Å². The van der Waals surface area contributed by atoms with E-state index in [9.17, 15) is 4.79 Å². The van der Waals surface area contributed by atoms with Crippen LogP contribution in [-0.2, 0) is 16.1 Å². The number of carbonyl (C=O) groups excluding carboxylic acids is 1. The first-order valence-corrected chi connectivity index (χ1v) is 10.7. The van der Waals surface area contributed by atoms with Gasteiger partial charge in [-0.2, -0.15) is 5.10 Å². The number of hydrogen-bond acceptors (Lipinski definition) is 7. The maximum atomic E-state index is 12.0. The predicted molar refractivity (Wildman–Crippen MR) is 105 cm³/mol. The van der Waals surface area contributed by atoms with Crippen LogP contribution in [-0.4, -0.2) is 64.3 Å². The quantitative estimate of drug-likeness (QED) is 0.569. The van der Waals surface area contributed by atoms with E-state index in [0.717, 1.165) is 53.7 Å². The van der Waals surface area contributed by atoms with Gasteiger partial charge in [0.1, 0.15) is 5.82 Å². The highest BCUT2D eigenvalue weighted by Crippen LogP contribution is 2.28. The third kappa shape index (κ3) is 4.03. The molecule has 0 bridgehead atoms. The Kier molecular flexibility index (Phi) is 5.77. The molecule has 8 nitrogen and oxygen atoms in total. The Morgan fingerprint density at radius 1 is 1.33 bits per heavy atom. The van der Waals surface area contributed by atoms with E-state index < -0.39 is 0 Å². The van der Waals surface area contributed by atoms with E-state index in [2.05, 4.69) is 22.2 Å². The fourth-order valence-corrected chi connectivity index (χ4v) is 3.95. The van der Waals surface area contributed by atoms with Gasteiger partial charge in [-0.15, -0.1) is 0 Å². The van der Waals surface area contributed by atoms with E-state index in [0.29, 0.717) is 26.3 Å². The van der Waals surface area contributed by atoms with E-state index in [4.69, 9.17) is 14.7 Å². The lowest BCUT2D eigenvalue weighted by Gasteiger charge is -2.28. The number of morpholine rings is 1. The Bertz CT molecular complexity index is 800. The Hall–Kier alpha value is -1.87. The smallest absolute Gasteiger partial charge is 0.223 e. The summed E-state index contributed by atoms with van der Waals surface area (Å²) < 4.78 is 7.35. The second-order valence-electron chi connectivity index (χ2n) is 6.89. The number of hydrogen-bond donors (Lipinski definition) is 1. The average Bonchev–Trinajstić information content (AvgIpc) is 3.04. The highest BCUT2D eigenvalue weighted by atomic mass is 32.2. The molecule has 2 aromatic rings. The van der Waals surface area contributed by atoms with E-state index in [-0.39, 0.29) is 11.8 Å². The lowest BCUT2D eigenvalue weighted by molar-refractivity contribution is -0.127. The van der Waals surface area contributed by atoms with E-state index in [1.165, 1.54) is 6.42 Å². The van der Waals surface area contributed by atoms with Crippen molar-refractivity contribution in [2.75, 3.05) is 43.5 Å². The summed E-state index contributed by atoms with van der Waals surface area (Å²) in [5, 5.41) is 9.28. The predicted octanol–water partition coefficient (Wildman–Crippen LogP) is 1.69. The first kappa shape index (κ1) is 18.5. The lowest BCUT2D eigenvalue weighted by atomic mass is 9.85. The topological polar surface area (TPSA) is 85.2 Å². The molecule has 1 aliphatic carbocycles. The molecule has 1 amide bonds. The van der Waals surface area contributed by atoms with Crippen molar-refractivity contribution in [2.45, 2.75) is 37.9 Å². The molecular formula is C18H26N6O2S. The molecule has 1 saturated carbocycles. The molecule has 27 heavy (non-hydrogen) atoms. The van der Waals surface area contributed by atoms with Crippen molar-refractivity contribution in [2.24, 2.45) is 5.92 Å². The third-order valence-corrected chi connectivity index (χ3v) is 5.87. The molecule has 2 fully saturated rings. The molecule has 0 atom stereocenters. The third-order valence-electron chi connectivity index (χ3n) is 5.14. The van der Waals surface area contributed by atoms with Crippen LogP contribution >= 0.6 is 11.8 Å². The van der Waals surface area contributed by atoms with Crippen LogP contribution in [0.5, 0.6) is 0 Å². The van der Waals surface area contributed by atoms with Crippen LogP contribution in [0.4, 0.5) is 5.82 Å². The highest BCUT2D eigenvalue weighted by Gasteiger charge is 2.25. The monoisotopic (exact) mass is 390 g/mol. The molecule has 1 saturated heterocycles. The van der Waals surface area contributed by atoms with Crippen molar-refractivity contribution in [3.8, 4) is 0 Å². The van der Waals surface area contributed by atoms with Gasteiger partial charge in [0.05, 0.1) is 31.3 Å². The lowest BCUT2D eigenvalue weighted by Crippen LogP contribution is -2.37. The maximum Gasteiger partial charge on any atom is 0.223 e. The van der Waals surface area contributed by atoms with Crippen LogP contribution in [0, 0.1) is 5.92 Å². The zero-order valence-corrected chi connectivity index (χ0v) is 16.5. The molecule has 3 heterocycles. The minimum atomic E-state index is 0.170. The van der Waals surface area contributed by atoms with Gasteiger partial charge in [-0.1, -0.05) is 25.1 Å². The number of anilines is 1. The number of rotatable bonds is 7. The number of fused-ring (bicyclic) bond motifs is 1. The molecule has 0 aromatic carbocycles. The fourth-order valence-electron chi connectivity index (χ4n) is 3.39. The maximum absolute atomic E-state index is 12.0. The highest BCUT2D eigenvalue weighted by molar-refractivity contribution is 7.99. The van der Waals surface area contributed by atoms with Crippen molar-refractivity contribution in [3.05, 3.63) is 6.20 Å². The molecule has 0 radical (unpaired) electrons. The molecule has 9 heteroatoms. The van der Waals surface area contributed by atoms with Gasteiger partial charge in [-0.05, 0) is 18.6 Å². The number of aromatic nitrogens is 4. The number of amides is 1. The molecule has 2 aromatic heterocycles. The Balaban J connectivity index is 1.54. The van der Waals surface area contributed by atoms with Gasteiger partial charge in [-0.3, -0.25) is 4.79 Å². The number of nitrogens with one attached hydrogen (secondary N) is 1. The van der Waals surface area contributed by atoms with Crippen LogP contribution in [0.2, 0.25) is 0 Å². The molecule has 0 spiro atoms. The summed E-state index contributed by atoms with van der Waals surface area (Å²) in [4.78, 5) is 23.8. The van der Waals surface area contributed by atoms with Gasteiger partial charge in [0.2, 0.25) is 5.91 Å². The first-order valence-electron chi connectivity index (χ1n) is 9.73. The number of nitrogens with zero attached hydrogens (tertiary/aromatic N) is 5. The van der Waals surface area contributed by atoms with Crippen molar-refractivity contribution in [3.63, 3.8) is 0 Å². The second kappa shape index (κ2) is 8.43. The van der Waals surface area contributed by atoms with Crippen LogP contribution in [0.1, 0.15) is 26.2 Å². The fraction of sp³-hybridized carbons (Fsp3) is 0.667. The van der Waals surface area contributed by atoms with Crippen molar-refractivity contribution >= 4 is 34.5 Å². The summed E-state index contributed by atoms with van der Waals surface area (Å²) >= 11 is 1.63. The number of thioether (sulfide) groups is 1. The Labute approximate surface area is 163 Å². The summed E-state index contributed by atoms with van der Waals surface area (Å²) in [7, 11) is 0. The van der Waals surface area contributed by atoms with E-state index in [1.807, 2.05) is 10.9 Å². The summed E-state index contributed by atoms with van der Waals surface area (Å²) in [6.45, 7) is 6.35. The second-order valence-corrected chi connectivity index (χ2v) is 8.12. The zero-order chi connectivity index (χ0) is 18.6. The van der Waals surface area contributed by atoms with E-state index in [1.54, 1.807) is 11.8 Å². The van der Waals surface area contributed by atoms with Crippen LogP contribution in [0.25, 0.3) is 11.0 Å². The van der Waals surface area contributed by atoms with Crippen molar-refractivity contribution in [1.29, 1.82) is 0 Å². The van der Waals surface area contributed by atoms with Gasteiger partial charge in [-0.25, -0.2) is 14.6 Å². The summed E-state index contributed by atoms with van der Waals surface area (Å²) in [5.41, 5.74) is 0.834. The standard InChI is InChI=1S/C18H26N6O2S/c1-2-27-18-21-15(23-8-10-26-11-9-23)14-12-20-24(16(14)22-18)7-6-19-17(25)13-4-3-5-13/h12-13H,2-11H2,1H3,(H,19,25). The molecule has 4 rings (SSSR count). The average molecular weight is 391 g/mol. The minimum Gasteiger partial charge on any atom is -0.378 e. The number of carbonyl (C=O) groups is 1. The molecule has 1 aliphatic heterocycles. The minimum absolute atomic E-state index is 0.170. The van der Waals surface area contributed by atoms with Gasteiger partial charge in [0.25, 0.3) is 0 Å². The summed E-state index contributed by atoms with van der Waals surface area (Å²) in [6.07, 6.45) is 5.05. The van der Waals surface area contributed by atoms with Gasteiger partial charge >= 0.3 is 0 Å². The summed E-state index contributed by atoms with van der Waals surface area (Å²) in [5.74, 6) is 2.23. The van der Waals surface area contributed by atoms with Gasteiger partial charge in [0, 0.05) is 25.6 Å². The Morgan fingerprint density at radius 3 is 2.85 bits per heavy atom. The SMILES string of the molecule is CCSc1nc(N2CCOCC2)c2cnn(CCNC(=O)C3CCC3)c2n1. The largest absolute Gasteiger partial charge is 0.378 e.